The van der Waals surface area contributed by atoms with Crippen molar-refractivity contribution in [3.05, 3.63) is 58.5 Å². The number of urea groups is 1. The fourth-order valence-electron chi connectivity index (χ4n) is 4.59. The van der Waals surface area contributed by atoms with Crippen molar-refractivity contribution in [3.63, 3.8) is 0 Å². The van der Waals surface area contributed by atoms with E-state index in [1.54, 1.807) is 39.8 Å². The van der Waals surface area contributed by atoms with Gasteiger partial charge in [0.05, 0.1) is 0 Å². The van der Waals surface area contributed by atoms with Crippen molar-refractivity contribution >= 4 is 29.3 Å². The zero-order valence-electron chi connectivity index (χ0n) is 17.6. The highest BCUT2D eigenvalue weighted by molar-refractivity contribution is 5.99. The van der Waals surface area contributed by atoms with Gasteiger partial charge in [0.2, 0.25) is 5.91 Å². The van der Waals surface area contributed by atoms with Crippen LogP contribution in [0.3, 0.4) is 0 Å². The van der Waals surface area contributed by atoms with Crippen molar-refractivity contribution in [3.8, 4) is 0 Å². The molecule has 168 valence electrons. The van der Waals surface area contributed by atoms with Crippen LogP contribution in [0.25, 0.3) is 0 Å². The van der Waals surface area contributed by atoms with Crippen molar-refractivity contribution in [2.75, 3.05) is 23.7 Å². The number of nitrogens with one attached hydrogen (secondary N) is 2. The third kappa shape index (κ3) is 4.82. The predicted molar refractivity (Wildman–Crippen MR) is 116 cm³/mol. The molecule has 2 bridgehead atoms. The number of hydrogen-bond donors (Lipinski definition) is 2. The third-order valence-corrected chi connectivity index (χ3v) is 6.01. The minimum Gasteiger partial charge on any atom is -0.550 e. The summed E-state index contributed by atoms with van der Waals surface area (Å²) in [5.41, 5.74) is 1.43. The Morgan fingerprint density at radius 1 is 0.969 bits per heavy atom. The fraction of sp³-hybridized carbons (Fsp3) is 0.391. The van der Waals surface area contributed by atoms with Crippen molar-refractivity contribution in [1.29, 1.82) is 0 Å². The number of likely N-dealkylation sites (tertiary alicyclic amines) is 1. The lowest BCUT2D eigenvalue weighted by molar-refractivity contribution is -0.305. The molecule has 1 aromatic carbocycles. The Bertz CT molecular complexity index is 1080. The van der Waals surface area contributed by atoms with Crippen LogP contribution in [0.1, 0.15) is 37.3 Å². The van der Waals surface area contributed by atoms with E-state index in [-0.39, 0.29) is 48.3 Å². The van der Waals surface area contributed by atoms with Gasteiger partial charge in [-0.3, -0.25) is 9.59 Å². The van der Waals surface area contributed by atoms with Gasteiger partial charge in [-0.2, -0.15) is 0 Å². The van der Waals surface area contributed by atoms with E-state index in [4.69, 9.17) is 0 Å². The number of amides is 3. The number of rotatable bonds is 6. The molecule has 2 aliphatic heterocycles. The normalized spacial score (nSPS) is 19.1. The van der Waals surface area contributed by atoms with Gasteiger partial charge in [-0.15, -0.1) is 0 Å². The molecule has 2 N–H and O–H groups in total. The molecule has 4 rings (SSSR count). The molecule has 2 aliphatic rings. The molecule has 9 heteroatoms. The zero-order chi connectivity index (χ0) is 22.7. The summed E-state index contributed by atoms with van der Waals surface area (Å²) in [5.74, 6) is -1.04. The topological polar surface area (TPSA) is 124 Å². The quantitative estimate of drug-likeness (QED) is 0.706. The number of benzene rings is 1. The average Bonchev–Trinajstić information content (AvgIpc) is 2.76. The van der Waals surface area contributed by atoms with Crippen LogP contribution in [0.4, 0.5) is 16.2 Å². The number of carbonyl (C=O) groups excluding carboxylic acids is 3. The molecule has 0 saturated carbocycles. The number of fused-ring (bicyclic) bond motifs is 4. The monoisotopic (exact) mass is 437 g/mol. The van der Waals surface area contributed by atoms with E-state index in [9.17, 15) is 24.3 Å². The summed E-state index contributed by atoms with van der Waals surface area (Å²) in [6, 6.07) is 11.9. The number of aromatic nitrogens is 1. The molecule has 2 atom stereocenters. The Kier molecular flexibility index (Phi) is 6.25. The third-order valence-electron chi connectivity index (χ3n) is 6.01. The van der Waals surface area contributed by atoms with Crippen LogP contribution >= 0.6 is 0 Å². The molecule has 3 heterocycles. The molecule has 0 radical (unpaired) electrons. The van der Waals surface area contributed by atoms with Gasteiger partial charge in [-0.05, 0) is 49.4 Å². The molecule has 1 fully saturated rings. The van der Waals surface area contributed by atoms with Crippen LogP contribution in [0.2, 0.25) is 0 Å². The first kappa shape index (κ1) is 21.6. The van der Waals surface area contributed by atoms with E-state index in [1.807, 2.05) is 12.1 Å². The first-order valence-electron chi connectivity index (χ1n) is 10.7. The van der Waals surface area contributed by atoms with Crippen LogP contribution in [-0.4, -0.2) is 40.5 Å². The second kappa shape index (κ2) is 9.25. The van der Waals surface area contributed by atoms with E-state index in [0.717, 1.165) is 12.1 Å². The smallest absolute Gasteiger partial charge is 0.323 e. The van der Waals surface area contributed by atoms with Crippen molar-refractivity contribution < 1.29 is 19.5 Å². The molecular weight excluding hydrogens is 412 g/mol. The molecule has 2 aromatic rings. The summed E-state index contributed by atoms with van der Waals surface area (Å²) in [4.78, 5) is 50.2. The highest BCUT2D eigenvalue weighted by Gasteiger charge is 2.36. The molecule has 0 spiro atoms. The molecule has 1 saturated heterocycles. The first-order valence-corrected chi connectivity index (χ1v) is 10.7. The van der Waals surface area contributed by atoms with E-state index in [2.05, 4.69) is 10.6 Å². The van der Waals surface area contributed by atoms with Gasteiger partial charge in [-0.25, -0.2) is 4.79 Å². The lowest BCUT2D eigenvalue weighted by Gasteiger charge is -2.43. The van der Waals surface area contributed by atoms with Crippen molar-refractivity contribution in [2.24, 2.45) is 5.92 Å². The Balaban J connectivity index is 1.44. The van der Waals surface area contributed by atoms with Crippen molar-refractivity contribution in [1.82, 2.24) is 9.47 Å². The Hall–Kier alpha value is -3.62. The van der Waals surface area contributed by atoms with Gasteiger partial charge in [0, 0.05) is 49.3 Å². The molecule has 0 aliphatic carbocycles. The lowest BCUT2D eigenvalue weighted by atomic mass is 9.83. The van der Waals surface area contributed by atoms with Gasteiger partial charge < -0.3 is 30.0 Å². The molecular formula is C23H25N4O5-. The number of pyridine rings is 1. The Morgan fingerprint density at radius 3 is 2.50 bits per heavy atom. The Labute approximate surface area is 185 Å². The number of hydrogen-bond acceptors (Lipinski definition) is 5. The number of piperidine rings is 1. The maximum absolute atomic E-state index is 13.0. The second-order valence-corrected chi connectivity index (χ2v) is 8.36. The van der Waals surface area contributed by atoms with Crippen LogP contribution < -0.4 is 21.3 Å². The van der Waals surface area contributed by atoms with E-state index in [1.165, 1.54) is 0 Å². The number of anilines is 2. The summed E-state index contributed by atoms with van der Waals surface area (Å²) < 4.78 is 1.70. The summed E-state index contributed by atoms with van der Waals surface area (Å²) in [7, 11) is 0. The second-order valence-electron chi connectivity index (χ2n) is 8.36. The molecule has 3 amide bonds. The van der Waals surface area contributed by atoms with Crippen molar-refractivity contribution in [2.45, 2.75) is 38.1 Å². The molecule has 0 unspecified atom stereocenters. The van der Waals surface area contributed by atoms with Gasteiger partial charge >= 0.3 is 6.03 Å². The van der Waals surface area contributed by atoms with E-state index >= 15 is 0 Å². The van der Waals surface area contributed by atoms with E-state index < -0.39 is 12.0 Å². The van der Waals surface area contributed by atoms with Gasteiger partial charge in [0.15, 0.2) is 0 Å². The summed E-state index contributed by atoms with van der Waals surface area (Å²) in [6.07, 6.45) is 1.21. The van der Waals surface area contributed by atoms with Gasteiger partial charge in [0.1, 0.15) is 5.69 Å². The van der Waals surface area contributed by atoms with Gasteiger partial charge in [0.25, 0.3) is 5.56 Å². The fourth-order valence-corrected chi connectivity index (χ4v) is 4.59. The maximum Gasteiger partial charge on any atom is 0.323 e. The number of nitrogens with zero attached hydrogens (tertiary/aromatic N) is 2. The summed E-state index contributed by atoms with van der Waals surface area (Å²) >= 11 is 0. The standard InChI is InChI=1S/C23H26N4O5/c28-20(7-4-8-21(29)30)26-12-15-11-16(14-26)19-10-9-18(22(31)27(19)13-15)25-23(32)24-17-5-2-1-3-6-17/h1-3,5-6,9-10,15-16H,4,7-8,11-14H2,(H,29,30)(H2,24,25,32)/p-1/t15-,16+/m0/s1. The number of carboxylic acids is 1. The molecule has 1 aromatic heterocycles. The number of carbonyl (C=O) groups is 3. The predicted octanol–water partition coefficient (Wildman–Crippen LogP) is 1.36. The minimum absolute atomic E-state index is 0.0347. The number of carboxylic acid groups (broad SMARTS) is 1. The highest BCUT2D eigenvalue weighted by atomic mass is 16.4. The average molecular weight is 437 g/mol. The molecule has 32 heavy (non-hydrogen) atoms. The lowest BCUT2D eigenvalue weighted by Crippen LogP contribution is -2.49. The van der Waals surface area contributed by atoms with Crippen LogP contribution in [0.15, 0.2) is 47.3 Å². The van der Waals surface area contributed by atoms with Crippen LogP contribution in [-0.2, 0) is 16.1 Å². The zero-order valence-corrected chi connectivity index (χ0v) is 17.6. The van der Waals surface area contributed by atoms with Gasteiger partial charge in [-0.1, -0.05) is 18.2 Å². The largest absolute Gasteiger partial charge is 0.550 e. The minimum atomic E-state index is -1.15. The number of aliphatic carboxylic acids is 1. The Morgan fingerprint density at radius 2 is 1.75 bits per heavy atom. The molecule has 9 nitrogen and oxygen atoms in total. The van der Waals surface area contributed by atoms with Crippen LogP contribution in [0, 0.1) is 5.92 Å². The summed E-state index contributed by atoms with van der Waals surface area (Å²) in [5, 5.41) is 15.9. The SMILES string of the molecule is O=C([O-])CCCC(=O)N1C[C@@H]2C[C@H](C1)c1ccc(NC(=O)Nc3ccccc3)c(=O)n1C2. The number of para-hydroxylation sites is 1. The van der Waals surface area contributed by atoms with E-state index in [0.29, 0.717) is 25.3 Å². The first-order chi connectivity index (χ1) is 15.4. The van der Waals surface area contributed by atoms with Crippen LogP contribution in [0.5, 0.6) is 0 Å². The maximum atomic E-state index is 13.0. The summed E-state index contributed by atoms with van der Waals surface area (Å²) in [6.45, 7) is 1.52. The highest BCUT2D eigenvalue weighted by Crippen LogP contribution is 2.35.